The molecule has 1 fully saturated rings. The van der Waals surface area contributed by atoms with Crippen LogP contribution in [0.25, 0.3) is 0 Å². The van der Waals surface area contributed by atoms with E-state index in [0.29, 0.717) is 22.9 Å². The predicted molar refractivity (Wildman–Crippen MR) is 79.0 cm³/mol. The number of rotatable bonds is 3. The number of aliphatic hydroxyl groups is 1. The van der Waals surface area contributed by atoms with Gasteiger partial charge in [0.2, 0.25) is 10.0 Å². The van der Waals surface area contributed by atoms with Crippen molar-refractivity contribution >= 4 is 10.0 Å². The van der Waals surface area contributed by atoms with Gasteiger partial charge in [-0.15, -0.1) is 0 Å². The van der Waals surface area contributed by atoms with E-state index in [0.717, 1.165) is 17.5 Å². The fourth-order valence-electron chi connectivity index (χ4n) is 3.05. The van der Waals surface area contributed by atoms with Gasteiger partial charge in [-0.1, -0.05) is 13.0 Å². The lowest BCUT2D eigenvalue weighted by atomic mass is 10.1. The number of hydrogen-bond acceptors (Lipinski definition) is 3. The number of benzene rings is 1. The van der Waals surface area contributed by atoms with Gasteiger partial charge in [-0.3, -0.25) is 0 Å². The lowest BCUT2D eigenvalue weighted by molar-refractivity contribution is 0.280. The number of nitrogens with zero attached hydrogens (tertiary/aromatic N) is 1. The van der Waals surface area contributed by atoms with Gasteiger partial charge in [-0.05, 0) is 55.9 Å². The zero-order chi connectivity index (χ0) is 15.1. The molecule has 1 aromatic carbocycles. The first-order chi connectivity index (χ1) is 9.27. The second kappa shape index (κ2) is 5.47. The van der Waals surface area contributed by atoms with E-state index in [2.05, 4.69) is 6.92 Å². The van der Waals surface area contributed by atoms with E-state index < -0.39 is 10.0 Å². The zero-order valence-corrected chi connectivity index (χ0v) is 13.4. The average molecular weight is 297 g/mol. The van der Waals surface area contributed by atoms with Gasteiger partial charge in [0.15, 0.2) is 0 Å². The van der Waals surface area contributed by atoms with E-state index in [1.807, 2.05) is 26.8 Å². The molecule has 5 heteroatoms. The largest absolute Gasteiger partial charge is 0.392 e. The molecule has 0 saturated carbocycles. The molecule has 1 aliphatic rings. The Labute approximate surface area is 121 Å². The molecule has 20 heavy (non-hydrogen) atoms. The van der Waals surface area contributed by atoms with E-state index >= 15 is 0 Å². The molecule has 2 unspecified atom stereocenters. The van der Waals surface area contributed by atoms with Crippen LogP contribution in [0, 0.1) is 19.8 Å². The minimum atomic E-state index is -3.48. The molecule has 112 valence electrons. The molecule has 1 saturated heterocycles. The van der Waals surface area contributed by atoms with Crippen molar-refractivity contribution in [2.24, 2.45) is 5.92 Å². The molecule has 0 spiro atoms. The summed E-state index contributed by atoms with van der Waals surface area (Å²) in [6.45, 7) is 8.16. The maximum absolute atomic E-state index is 12.8. The fraction of sp³-hybridized carbons (Fsp3) is 0.600. The maximum Gasteiger partial charge on any atom is 0.243 e. The summed E-state index contributed by atoms with van der Waals surface area (Å²) < 4.78 is 27.3. The van der Waals surface area contributed by atoms with Crippen LogP contribution in [-0.4, -0.2) is 30.4 Å². The maximum atomic E-state index is 12.8. The van der Waals surface area contributed by atoms with Gasteiger partial charge in [-0.2, -0.15) is 4.31 Å². The monoisotopic (exact) mass is 297 g/mol. The van der Waals surface area contributed by atoms with Crippen LogP contribution in [0.4, 0.5) is 0 Å². The summed E-state index contributed by atoms with van der Waals surface area (Å²) in [5, 5.41) is 9.35. The Morgan fingerprint density at radius 3 is 2.40 bits per heavy atom. The highest BCUT2D eigenvalue weighted by molar-refractivity contribution is 7.89. The molecule has 0 bridgehead atoms. The lowest BCUT2D eigenvalue weighted by Gasteiger charge is -2.23. The van der Waals surface area contributed by atoms with Crippen LogP contribution in [-0.2, 0) is 16.6 Å². The van der Waals surface area contributed by atoms with Crippen molar-refractivity contribution in [3.63, 3.8) is 0 Å². The molecular weight excluding hydrogens is 274 g/mol. The molecule has 1 heterocycles. The minimum Gasteiger partial charge on any atom is -0.392 e. The first kappa shape index (κ1) is 15.5. The van der Waals surface area contributed by atoms with Crippen molar-refractivity contribution in [1.29, 1.82) is 0 Å². The van der Waals surface area contributed by atoms with Crippen LogP contribution < -0.4 is 0 Å². The molecule has 0 aromatic heterocycles. The first-order valence-corrected chi connectivity index (χ1v) is 8.44. The van der Waals surface area contributed by atoms with Crippen molar-refractivity contribution in [2.75, 3.05) is 6.54 Å². The summed E-state index contributed by atoms with van der Waals surface area (Å²) in [4.78, 5) is 0.327. The molecule has 2 atom stereocenters. The molecule has 0 amide bonds. The molecule has 0 aliphatic carbocycles. The van der Waals surface area contributed by atoms with Crippen molar-refractivity contribution in [3.8, 4) is 0 Å². The topological polar surface area (TPSA) is 57.6 Å². The van der Waals surface area contributed by atoms with Gasteiger partial charge < -0.3 is 5.11 Å². The third-order valence-electron chi connectivity index (χ3n) is 4.12. The third kappa shape index (κ3) is 2.62. The van der Waals surface area contributed by atoms with Crippen LogP contribution in [0.5, 0.6) is 0 Å². The van der Waals surface area contributed by atoms with Gasteiger partial charge in [0.25, 0.3) is 0 Å². The zero-order valence-electron chi connectivity index (χ0n) is 12.5. The van der Waals surface area contributed by atoms with Crippen LogP contribution in [0.3, 0.4) is 0 Å². The summed E-state index contributed by atoms with van der Waals surface area (Å²) in [5.74, 6) is 0.392. The summed E-state index contributed by atoms with van der Waals surface area (Å²) in [7, 11) is -3.48. The van der Waals surface area contributed by atoms with Crippen LogP contribution >= 0.6 is 0 Å². The normalized spacial score (nSPS) is 24.2. The van der Waals surface area contributed by atoms with Gasteiger partial charge in [0.1, 0.15) is 0 Å². The molecule has 1 N–H and O–H groups in total. The quantitative estimate of drug-likeness (QED) is 0.930. The smallest absolute Gasteiger partial charge is 0.243 e. The van der Waals surface area contributed by atoms with E-state index in [1.165, 1.54) is 0 Å². The Morgan fingerprint density at radius 2 is 1.90 bits per heavy atom. The van der Waals surface area contributed by atoms with Crippen LogP contribution in [0.1, 0.15) is 37.0 Å². The van der Waals surface area contributed by atoms with Crippen molar-refractivity contribution in [1.82, 2.24) is 4.31 Å². The number of aliphatic hydroxyl groups excluding tert-OH is 1. The van der Waals surface area contributed by atoms with Crippen molar-refractivity contribution in [2.45, 2.75) is 51.7 Å². The Kier molecular flexibility index (Phi) is 4.23. The van der Waals surface area contributed by atoms with Gasteiger partial charge in [-0.25, -0.2) is 8.42 Å². The van der Waals surface area contributed by atoms with Crippen LogP contribution in [0.2, 0.25) is 0 Å². The summed E-state index contributed by atoms with van der Waals surface area (Å²) >= 11 is 0. The van der Waals surface area contributed by atoms with Gasteiger partial charge >= 0.3 is 0 Å². The summed E-state index contributed by atoms with van der Waals surface area (Å²) in [6, 6.07) is 3.49. The standard InChI is InChI=1S/C15H23NO3S/c1-10-5-13(4)16(8-10)20(18,19)15-7-14(9-17)11(2)6-12(15)3/h6-7,10,13,17H,5,8-9H2,1-4H3. The van der Waals surface area contributed by atoms with E-state index in [-0.39, 0.29) is 12.6 Å². The highest BCUT2D eigenvalue weighted by Gasteiger charge is 2.36. The van der Waals surface area contributed by atoms with Gasteiger partial charge in [0, 0.05) is 12.6 Å². The molecule has 1 aliphatic heterocycles. The molecule has 2 rings (SSSR count). The third-order valence-corrected chi connectivity index (χ3v) is 6.24. The highest BCUT2D eigenvalue weighted by atomic mass is 32.2. The second-order valence-electron chi connectivity index (χ2n) is 5.97. The Morgan fingerprint density at radius 1 is 1.25 bits per heavy atom. The number of aryl methyl sites for hydroxylation is 2. The fourth-order valence-corrected chi connectivity index (χ4v) is 5.07. The summed E-state index contributed by atoms with van der Waals surface area (Å²) in [6.07, 6.45) is 0.900. The second-order valence-corrected chi connectivity index (χ2v) is 7.83. The van der Waals surface area contributed by atoms with Crippen molar-refractivity contribution < 1.29 is 13.5 Å². The van der Waals surface area contributed by atoms with E-state index in [4.69, 9.17) is 0 Å². The van der Waals surface area contributed by atoms with E-state index in [9.17, 15) is 13.5 Å². The minimum absolute atomic E-state index is 0.0354. The first-order valence-electron chi connectivity index (χ1n) is 7.00. The SMILES string of the molecule is Cc1cc(C)c(S(=O)(=O)N2CC(C)CC2C)cc1CO. The Hall–Kier alpha value is -0.910. The van der Waals surface area contributed by atoms with Crippen LogP contribution in [0.15, 0.2) is 17.0 Å². The van der Waals surface area contributed by atoms with Crippen molar-refractivity contribution in [3.05, 3.63) is 28.8 Å². The Balaban J connectivity index is 2.49. The Bertz CT molecular complexity index is 610. The lowest BCUT2D eigenvalue weighted by Crippen LogP contribution is -2.34. The average Bonchev–Trinajstić information content (AvgIpc) is 2.69. The number of sulfonamides is 1. The molecule has 0 radical (unpaired) electrons. The molecule has 1 aromatic rings. The molecule has 4 nitrogen and oxygen atoms in total. The van der Waals surface area contributed by atoms with Gasteiger partial charge in [0.05, 0.1) is 11.5 Å². The number of hydrogen-bond donors (Lipinski definition) is 1. The molecular formula is C15H23NO3S. The van der Waals surface area contributed by atoms with E-state index in [1.54, 1.807) is 10.4 Å². The highest BCUT2D eigenvalue weighted by Crippen LogP contribution is 2.31. The predicted octanol–water partition coefficient (Wildman–Crippen LogP) is 2.21. The summed E-state index contributed by atoms with van der Waals surface area (Å²) in [5.41, 5.74) is 2.34.